The Kier molecular flexibility index (Phi) is 7.24. The molecule has 10 heteroatoms. The summed E-state index contributed by atoms with van der Waals surface area (Å²) in [6, 6.07) is 10.6. The zero-order valence-corrected chi connectivity index (χ0v) is 17.9. The highest BCUT2D eigenvalue weighted by Gasteiger charge is 2.23. The van der Waals surface area contributed by atoms with E-state index < -0.39 is 18.0 Å². The van der Waals surface area contributed by atoms with Crippen LogP contribution >= 0.6 is 0 Å². The van der Waals surface area contributed by atoms with Gasteiger partial charge in [0.05, 0.1) is 17.1 Å². The van der Waals surface area contributed by atoms with Gasteiger partial charge in [0.2, 0.25) is 0 Å². The molecule has 0 aliphatic carbocycles. The third-order valence-corrected chi connectivity index (χ3v) is 5.42. The van der Waals surface area contributed by atoms with Gasteiger partial charge in [-0.15, -0.1) is 0 Å². The fourth-order valence-corrected chi connectivity index (χ4v) is 3.53. The van der Waals surface area contributed by atoms with E-state index in [9.17, 15) is 14.4 Å². The zero-order chi connectivity index (χ0) is 23.3. The second-order valence-electron chi connectivity index (χ2n) is 8.03. The van der Waals surface area contributed by atoms with Crippen LogP contribution in [0.1, 0.15) is 37.3 Å². The number of carbonyl (C=O) groups excluding carboxylic acids is 1. The first-order chi connectivity index (χ1) is 15.3. The van der Waals surface area contributed by atoms with Crippen LogP contribution in [-0.2, 0) is 0 Å². The van der Waals surface area contributed by atoms with E-state index in [1.165, 1.54) is 12.1 Å². The van der Waals surface area contributed by atoms with Gasteiger partial charge >= 0.3 is 0 Å². The van der Waals surface area contributed by atoms with Crippen LogP contribution in [0.15, 0.2) is 47.6 Å². The maximum atomic E-state index is 13.2. The lowest BCUT2D eigenvalue weighted by Crippen LogP contribution is -2.33. The summed E-state index contributed by atoms with van der Waals surface area (Å²) in [6.07, 6.45) is 0.815. The fourth-order valence-electron chi connectivity index (χ4n) is 3.53. The molecule has 3 rings (SSSR count). The number of benzene rings is 2. The summed E-state index contributed by atoms with van der Waals surface area (Å²) in [7, 11) is 0. The first-order valence-corrected chi connectivity index (χ1v) is 10.4. The van der Waals surface area contributed by atoms with Gasteiger partial charge in [-0.2, -0.15) is 5.11 Å². The van der Waals surface area contributed by atoms with Crippen LogP contribution in [0, 0.1) is 28.0 Å². The van der Waals surface area contributed by atoms with E-state index in [0.717, 1.165) is 11.1 Å². The number of fused-ring (bicyclic) bond motifs is 1. The van der Waals surface area contributed by atoms with Gasteiger partial charge in [0.1, 0.15) is 5.82 Å². The van der Waals surface area contributed by atoms with E-state index in [1.807, 2.05) is 26.0 Å². The number of nitrogens with zero attached hydrogens (tertiary/aromatic N) is 3. The summed E-state index contributed by atoms with van der Waals surface area (Å²) in [5, 5.41) is 17.6. The van der Waals surface area contributed by atoms with Crippen LogP contribution in [-0.4, -0.2) is 39.4 Å². The van der Waals surface area contributed by atoms with Gasteiger partial charge in [-0.3, -0.25) is 4.79 Å². The van der Waals surface area contributed by atoms with Gasteiger partial charge in [-0.05, 0) is 47.3 Å². The number of aromatic nitrogens is 2. The zero-order valence-electron chi connectivity index (χ0n) is 17.9. The van der Waals surface area contributed by atoms with Crippen LogP contribution in [0.4, 0.5) is 4.39 Å². The Morgan fingerprint density at radius 2 is 1.91 bits per heavy atom. The molecule has 0 saturated heterocycles. The number of aromatic amines is 1. The molecule has 4 N–H and O–H groups in total. The normalized spacial score (nSPS) is 13.1. The molecular weight excluding hydrogens is 413 g/mol. The van der Waals surface area contributed by atoms with Crippen LogP contribution in [0.3, 0.4) is 0 Å². The minimum atomic E-state index is -0.491. The lowest BCUT2D eigenvalue weighted by Gasteiger charge is -2.18. The molecule has 32 heavy (non-hydrogen) atoms. The van der Waals surface area contributed by atoms with Crippen molar-refractivity contribution in [1.82, 2.24) is 15.3 Å². The molecule has 0 aliphatic rings. The molecule has 0 bridgehead atoms. The number of hydroxylamine groups is 1. The first-order valence-electron chi connectivity index (χ1n) is 10.4. The highest BCUT2D eigenvalue weighted by molar-refractivity contribution is 5.94. The largest absolute Gasteiger partial charge is 0.600 e. The Labute approximate surface area is 184 Å². The highest BCUT2D eigenvalue weighted by Crippen LogP contribution is 2.24. The predicted molar refractivity (Wildman–Crippen MR) is 117 cm³/mol. The average Bonchev–Trinajstić information content (AvgIpc) is 3.19. The molecule has 0 saturated carbocycles. The van der Waals surface area contributed by atoms with Crippen molar-refractivity contribution in [2.75, 3.05) is 6.54 Å². The van der Waals surface area contributed by atoms with Gasteiger partial charge in [-0.1, -0.05) is 36.9 Å². The topological polar surface area (TPSA) is 144 Å². The standard InChI is InChI=1S/C22H26FN7O2/c1-13(2)20(30(25)32)10-8-17(29-24)12-26-22(31)21-27-18-9-5-15(11-19(18)28-21)14-3-6-16(23)7-4-14/h3-7,9,11,13,17,20,24-25H,8,10,12H2,1-2H3,(H,26,31)(H,27,28). The van der Waals surface area contributed by atoms with Crippen molar-refractivity contribution in [2.45, 2.75) is 38.8 Å². The molecule has 2 aromatic carbocycles. The number of carbonyl (C=O) groups is 1. The molecule has 0 spiro atoms. The quantitative estimate of drug-likeness (QED) is 0.204. The Hall–Kier alpha value is -3.69. The van der Waals surface area contributed by atoms with Crippen molar-refractivity contribution in [1.29, 1.82) is 11.1 Å². The van der Waals surface area contributed by atoms with Crippen molar-refractivity contribution in [3.63, 3.8) is 0 Å². The van der Waals surface area contributed by atoms with E-state index in [1.54, 1.807) is 18.2 Å². The SMILES string of the molecule is CC(C)C(CCC(CNC(=O)c1nc2ccc(-c3ccc(F)cc3)cc2[nH]1)N=N)[N+](=N)[O-]. The first kappa shape index (κ1) is 23.0. The van der Waals surface area contributed by atoms with Gasteiger partial charge in [-0.25, -0.2) is 14.9 Å². The van der Waals surface area contributed by atoms with E-state index in [0.29, 0.717) is 23.9 Å². The van der Waals surface area contributed by atoms with Crippen molar-refractivity contribution in [2.24, 2.45) is 11.0 Å². The van der Waals surface area contributed by atoms with Gasteiger partial charge in [0, 0.05) is 18.9 Å². The molecule has 2 atom stereocenters. The van der Waals surface area contributed by atoms with E-state index in [-0.39, 0.29) is 29.0 Å². The third kappa shape index (κ3) is 5.51. The predicted octanol–water partition coefficient (Wildman–Crippen LogP) is 4.84. The molecule has 168 valence electrons. The van der Waals surface area contributed by atoms with E-state index in [4.69, 9.17) is 11.1 Å². The van der Waals surface area contributed by atoms with E-state index in [2.05, 4.69) is 20.4 Å². The maximum absolute atomic E-state index is 13.2. The van der Waals surface area contributed by atoms with Gasteiger partial charge in [0.15, 0.2) is 11.9 Å². The van der Waals surface area contributed by atoms with E-state index >= 15 is 0 Å². The Balaban J connectivity index is 1.64. The van der Waals surface area contributed by atoms with Crippen LogP contribution in [0.5, 0.6) is 0 Å². The number of halogens is 1. The van der Waals surface area contributed by atoms with Gasteiger partial charge < -0.3 is 15.5 Å². The summed E-state index contributed by atoms with van der Waals surface area (Å²) in [4.78, 5) is 20.0. The Bertz CT molecular complexity index is 1110. The monoisotopic (exact) mass is 439 g/mol. The molecule has 0 fully saturated rings. The summed E-state index contributed by atoms with van der Waals surface area (Å²) in [6.45, 7) is 3.85. The summed E-state index contributed by atoms with van der Waals surface area (Å²) >= 11 is 0. The second-order valence-corrected chi connectivity index (χ2v) is 8.03. The third-order valence-electron chi connectivity index (χ3n) is 5.42. The average molecular weight is 439 g/mol. The Morgan fingerprint density at radius 1 is 1.22 bits per heavy atom. The molecule has 0 radical (unpaired) electrons. The molecular formula is C22H26FN7O2. The molecule has 1 heterocycles. The Morgan fingerprint density at radius 3 is 2.53 bits per heavy atom. The van der Waals surface area contributed by atoms with Crippen LogP contribution in [0.2, 0.25) is 0 Å². The van der Waals surface area contributed by atoms with Crippen molar-refractivity contribution in [3.8, 4) is 11.1 Å². The summed E-state index contributed by atoms with van der Waals surface area (Å²) in [5.74, 6) is -0.597. The molecule has 2 unspecified atom stereocenters. The molecule has 9 nitrogen and oxygen atoms in total. The van der Waals surface area contributed by atoms with Crippen molar-refractivity contribution < 1.29 is 14.0 Å². The number of imidazole rings is 1. The minimum absolute atomic E-state index is 0.00123. The minimum Gasteiger partial charge on any atom is -0.600 e. The van der Waals surface area contributed by atoms with Crippen LogP contribution < -0.4 is 5.32 Å². The highest BCUT2D eigenvalue weighted by atomic mass is 19.1. The number of nitrogens with one attached hydrogen (secondary N) is 4. The summed E-state index contributed by atoms with van der Waals surface area (Å²) < 4.78 is 13.2. The number of hydrogen-bond donors (Lipinski definition) is 4. The van der Waals surface area contributed by atoms with Crippen LogP contribution in [0.25, 0.3) is 22.2 Å². The molecule has 1 amide bonds. The number of rotatable bonds is 10. The molecule has 0 aliphatic heterocycles. The number of H-pyrrole nitrogens is 1. The number of hydrogen-bond acceptors (Lipinski definition) is 6. The molecule has 1 aromatic heterocycles. The van der Waals surface area contributed by atoms with Crippen molar-refractivity contribution >= 4 is 16.9 Å². The lowest BCUT2D eigenvalue weighted by atomic mass is 9.97. The smallest absolute Gasteiger partial charge is 0.287 e. The second kappa shape index (κ2) is 10.1. The van der Waals surface area contributed by atoms with Crippen molar-refractivity contribution in [3.05, 3.63) is 59.3 Å². The number of amides is 1. The lowest BCUT2D eigenvalue weighted by molar-refractivity contribution is -0.597. The summed E-state index contributed by atoms with van der Waals surface area (Å²) in [5.41, 5.74) is 17.6. The fraction of sp³-hybridized carbons (Fsp3) is 0.364. The van der Waals surface area contributed by atoms with Gasteiger partial charge in [0.25, 0.3) is 5.91 Å². The maximum Gasteiger partial charge on any atom is 0.287 e. The molecule has 3 aromatic rings.